The van der Waals surface area contributed by atoms with E-state index < -0.39 is 5.60 Å². The summed E-state index contributed by atoms with van der Waals surface area (Å²) >= 11 is 3.40. The lowest BCUT2D eigenvalue weighted by Crippen LogP contribution is -2.50. The number of halogens is 1. The summed E-state index contributed by atoms with van der Waals surface area (Å²) in [4.78, 5) is 11.7. The number of carbonyl (C=O) groups excluding carboxylic acids is 1. The number of benzene rings is 1. The van der Waals surface area contributed by atoms with E-state index >= 15 is 0 Å². The maximum Gasteiger partial charge on any atom is 0.407 e. The molecular weight excluding hydrogens is 346 g/mol. The molecule has 22 heavy (non-hydrogen) atoms. The Balaban J connectivity index is 1.82. The van der Waals surface area contributed by atoms with Gasteiger partial charge in [-0.2, -0.15) is 5.26 Å². The van der Waals surface area contributed by atoms with E-state index in [-0.39, 0.29) is 18.2 Å². The van der Waals surface area contributed by atoms with Gasteiger partial charge in [0.25, 0.3) is 0 Å². The van der Waals surface area contributed by atoms with Crippen LogP contribution in [0.2, 0.25) is 0 Å². The van der Waals surface area contributed by atoms with Crippen molar-refractivity contribution in [3.05, 3.63) is 28.2 Å². The Morgan fingerprint density at radius 3 is 2.64 bits per heavy atom. The van der Waals surface area contributed by atoms with Crippen molar-refractivity contribution in [1.82, 2.24) is 5.32 Å². The number of amides is 1. The number of nitrogens with zero attached hydrogens (tertiary/aromatic N) is 1. The lowest BCUT2D eigenvalue weighted by Gasteiger charge is -2.37. The van der Waals surface area contributed by atoms with Crippen LogP contribution in [0.4, 0.5) is 10.5 Å². The third kappa shape index (κ3) is 4.63. The zero-order chi connectivity index (χ0) is 16.3. The molecule has 1 fully saturated rings. The third-order valence-electron chi connectivity index (χ3n) is 3.32. The summed E-state index contributed by atoms with van der Waals surface area (Å²) in [5.41, 5.74) is 0.952. The number of alkyl carbamates (subject to hydrolysis) is 1. The zero-order valence-electron chi connectivity index (χ0n) is 12.9. The Morgan fingerprint density at radius 2 is 2.05 bits per heavy atom. The fraction of sp³-hybridized carbons (Fsp3) is 0.500. The molecule has 5 nitrogen and oxygen atoms in total. The smallest absolute Gasteiger partial charge is 0.407 e. The summed E-state index contributed by atoms with van der Waals surface area (Å²) in [6, 6.07) is 8.06. The van der Waals surface area contributed by atoms with Gasteiger partial charge in [-0.05, 0) is 51.8 Å². The molecule has 0 aliphatic heterocycles. The number of ether oxygens (including phenoxy) is 1. The van der Waals surface area contributed by atoms with E-state index in [1.54, 1.807) is 6.07 Å². The lowest BCUT2D eigenvalue weighted by molar-refractivity contribution is 0.0475. The van der Waals surface area contributed by atoms with E-state index in [9.17, 15) is 4.79 Å². The van der Waals surface area contributed by atoms with Gasteiger partial charge >= 0.3 is 6.09 Å². The van der Waals surface area contributed by atoms with Gasteiger partial charge in [-0.15, -0.1) is 0 Å². The van der Waals surface area contributed by atoms with Crippen LogP contribution in [0, 0.1) is 11.3 Å². The van der Waals surface area contributed by atoms with Gasteiger partial charge in [0.15, 0.2) is 0 Å². The number of anilines is 1. The molecule has 0 atom stereocenters. The quantitative estimate of drug-likeness (QED) is 0.854. The monoisotopic (exact) mass is 365 g/mol. The summed E-state index contributed by atoms with van der Waals surface area (Å²) in [7, 11) is 0. The van der Waals surface area contributed by atoms with E-state index in [2.05, 4.69) is 32.6 Å². The van der Waals surface area contributed by atoms with Crippen LogP contribution in [0.5, 0.6) is 0 Å². The van der Waals surface area contributed by atoms with Crippen molar-refractivity contribution in [3.63, 3.8) is 0 Å². The molecular formula is C16H20BrN3O2. The highest BCUT2D eigenvalue weighted by Gasteiger charge is 2.31. The normalized spacial score (nSPS) is 20.5. The number of hydrogen-bond donors (Lipinski definition) is 2. The summed E-state index contributed by atoms with van der Waals surface area (Å²) in [5, 5.41) is 15.3. The van der Waals surface area contributed by atoms with Crippen molar-refractivity contribution in [2.45, 2.75) is 51.3 Å². The fourth-order valence-corrected chi connectivity index (χ4v) is 2.64. The molecule has 1 aromatic rings. The highest BCUT2D eigenvalue weighted by atomic mass is 79.9. The molecule has 2 N–H and O–H groups in total. The standard InChI is InChI=1S/C16H20BrN3O2/c1-16(2,3)22-15(21)20-13-7-12(8-13)19-14-6-11(17)5-4-10(14)9-18/h4-6,12-13,19H,7-8H2,1-3H3,(H,20,21). The van der Waals surface area contributed by atoms with Gasteiger partial charge in [-0.25, -0.2) is 4.79 Å². The van der Waals surface area contributed by atoms with Crippen molar-refractivity contribution in [2.24, 2.45) is 0 Å². The van der Waals surface area contributed by atoms with E-state index in [1.807, 2.05) is 32.9 Å². The highest BCUT2D eigenvalue weighted by molar-refractivity contribution is 9.10. The first-order valence-corrected chi connectivity index (χ1v) is 8.02. The second kappa shape index (κ2) is 6.57. The molecule has 0 unspecified atom stereocenters. The molecule has 0 heterocycles. The number of hydrogen-bond acceptors (Lipinski definition) is 4. The molecule has 1 aliphatic carbocycles. The van der Waals surface area contributed by atoms with Gasteiger partial charge in [0.2, 0.25) is 0 Å². The number of carbonyl (C=O) groups is 1. The predicted octanol–water partition coefficient (Wildman–Crippen LogP) is 3.79. The van der Waals surface area contributed by atoms with Crippen LogP contribution in [0.1, 0.15) is 39.2 Å². The molecule has 1 aliphatic rings. The van der Waals surface area contributed by atoms with Crippen molar-refractivity contribution in [3.8, 4) is 6.07 Å². The van der Waals surface area contributed by atoms with Crippen LogP contribution in [-0.4, -0.2) is 23.8 Å². The Labute approximate surface area is 139 Å². The maximum absolute atomic E-state index is 11.7. The highest BCUT2D eigenvalue weighted by Crippen LogP contribution is 2.28. The van der Waals surface area contributed by atoms with E-state index in [4.69, 9.17) is 10.00 Å². The third-order valence-corrected chi connectivity index (χ3v) is 3.81. The van der Waals surface area contributed by atoms with Gasteiger partial charge in [-0.3, -0.25) is 0 Å². The molecule has 0 saturated heterocycles. The lowest BCUT2D eigenvalue weighted by atomic mass is 9.86. The van der Waals surface area contributed by atoms with Gasteiger partial charge in [0, 0.05) is 16.6 Å². The molecule has 0 aromatic heterocycles. The Hall–Kier alpha value is -1.74. The largest absolute Gasteiger partial charge is 0.444 e. The minimum atomic E-state index is -0.483. The molecule has 1 aromatic carbocycles. The summed E-state index contributed by atoms with van der Waals surface area (Å²) in [5.74, 6) is 0. The van der Waals surface area contributed by atoms with Crippen LogP contribution >= 0.6 is 15.9 Å². The molecule has 2 rings (SSSR count). The molecule has 1 saturated carbocycles. The van der Waals surface area contributed by atoms with Crippen molar-refractivity contribution in [2.75, 3.05) is 5.32 Å². The SMILES string of the molecule is CC(C)(C)OC(=O)NC1CC(Nc2cc(Br)ccc2C#N)C1. The van der Waals surface area contributed by atoms with Crippen LogP contribution in [0.15, 0.2) is 22.7 Å². The molecule has 0 radical (unpaired) electrons. The zero-order valence-corrected chi connectivity index (χ0v) is 14.5. The van der Waals surface area contributed by atoms with Crippen molar-refractivity contribution in [1.29, 1.82) is 5.26 Å². The molecule has 0 spiro atoms. The van der Waals surface area contributed by atoms with Crippen molar-refractivity contribution >= 4 is 27.7 Å². The first kappa shape index (κ1) is 16.6. The van der Waals surface area contributed by atoms with Crippen LogP contribution < -0.4 is 10.6 Å². The van der Waals surface area contributed by atoms with Gasteiger partial charge < -0.3 is 15.4 Å². The predicted molar refractivity (Wildman–Crippen MR) is 88.7 cm³/mol. The second-order valence-corrected chi connectivity index (χ2v) is 7.37. The average Bonchev–Trinajstić information content (AvgIpc) is 2.34. The molecule has 0 bridgehead atoms. The average molecular weight is 366 g/mol. The van der Waals surface area contributed by atoms with Crippen LogP contribution in [0.3, 0.4) is 0 Å². The fourth-order valence-electron chi connectivity index (χ4n) is 2.28. The minimum Gasteiger partial charge on any atom is -0.444 e. The van der Waals surface area contributed by atoms with E-state index in [0.717, 1.165) is 23.0 Å². The Kier molecular flexibility index (Phi) is 4.97. The van der Waals surface area contributed by atoms with E-state index in [1.165, 1.54) is 0 Å². The van der Waals surface area contributed by atoms with Gasteiger partial charge in [0.05, 0.1) is 11.3 Å². The Bertz CT molecular complexity index is 598. The summed E-state index contributed by atoms with van der Waals surface area (Å²) in [6.07, 6.45) is 1.25. The molecule has 118 valence electrons. The van der Waals surface area contributed by atoms with Crippen LogP contribution in [-0.2, 0) is 4.74 Å². The second-order valence-electron chi connectivity index (χ2n) is 6.46. The Morgan fingerprint density at radius 1 is 1.36 bits per heavy atom. The van der Waals surface area contributed by atoms with Crippen LogP contribution in [0.25, 0.3) is 0 Å². The topological polar surface area (TPSA) is 74.2 Å². The molecule has 6 heteroatoms. The number of nitriles is 1. The number of nitrogens with one attached hydrogen (secondary N) is 2. The van der Waals surface area contributed by atoms with E-state index in [0.29, 0.717) is 5.56 Å². The van der Waals surface area contributed by atoms with Crippen molar-refractivity contribution < 1.29 is 9.53 Å². The minimum absolute atomic E-state index is 0.116. The summed E-state index contributed by atoms with van der Waals surface area (Å²) in [6.45, 7) is 5.52. The molecule has 1 amide bonds. The first-order valence-electron chi connectivity index (χ1n) is 7.22. The number of rotatable bonds is 3. The van der Waals surface area contributed by atoms with Gasteiger partial charge in [0.1, 0.15) is 11.7 Å². The maximum atomic E-state index is 11.7. The van der Waals surface area contributed by atoms with Gasteiger partial charge in [-0.1, -0.05) is 15.9 Å². The summed E-state index contributed by atoms with van der Waals surface area (Å²) < 4.78 is 6.16. The first-order chi connectivity index (χ1) is 10.3.